The molecule has 1 aliphatic carbocycles. The Kier molecular flexibility index (Phi) is 4.83. The first-order chi connectivity index (χ1) is 13.2. The van der Waals surface area contributed by atoms with E-state index in [1.165, 1.54) is 4.68 Å². The van der Waals surface area contributed by atoms with Crippen molar-refractivity contribution in [1.82, 2.24) is 9.78 Å². The van der Waals surface area contributed by atoms with Crippen LogP contribution in [0.5, 0.6) is 0 Å². The molecule has 136 valence electrons. The van der Waals surface area contributed by atoms with E-state index in [4.69, 9.17) is 0 Å². The van der Waals surface area contributed by atoms with Crippen LogP contribution in [0.25, 0.3) is 11.3 Å². The Balaban J connectivity index is 1.70. The highest BCUT2D eigenvalue weighted by atomic mass is 16.2. The number of hydrogen-bond acceptors (Lipinski definition) is 3. The number of amides is 1. The number of rotatable bonds is 4. The van der Waals surface area contributed by atoms with Gasteiger partial charge in [-0.1, -0.05) is 48.5 Å². The van der Waals surface area contributed by atoms with E-state index >= 15 is 0 Å². The van der Waals surface area contributed by atoms with Gasteiger partial charge < -0.3 is 5.32 Å². The summed E-state index contributed by atoms with van der Waals surface area (Å²) in [4.78, 5) is 25.3. The molecule has 0 radical (unpaired) electrons. The third-order valence-corrected chi connectivity index (χ3v) is 4.87. The summed E-state index contributed by atoms with van der Waals surface area (Å²) in [5.41, 5.74) is 4.20. The van der Waals surface area contributed by atoms with Crippen molar-refractivity contribution >= 4 is 11.6 Å². The van der Waals surface area contributed by atoms with Crippen LogP contribution in [-0.2, 0) is 24.2 Å². The van der Waals surface area contributed by atoms with Gasteiger partial charge in [0, 0.05) is 16.8 Å². The maximum absolute atomic E-state index is 12.9. The second kappa shape index (κ2) is 7.58. The molecule has 1 heterocycles. The van der Waals surface area contributed by atoms with Crippen molar-refractivity contribution < 1.29 is 4.79 Å². The maximum atomic E-state index is 12.9. The highest BCUT2D eigenvalue weighted by Crippen LogP contribution is 2.27. The van der Waals surface area contributed by atoms with Crippen LogP contribution < -0.4 is 10.9 Å². The van der Waals surface area contributed by atoms with Gasteiger partial charge in [0.15, 0.2) is 0 Å². The Morgan fingerprint density at radius 2 is 1.56 bits per heavy atom. The van der Waals surface area contributed by atoms with E-state index in [2.05, 4.69) is 10.4 Å². The molecule has 0 fully saturated rings. The predicted molar refractivity (Wildman–Crippen MR) is 106 cm³/mol. The van der Waals surface area contributed by atoms with Crippen LogP contribution in [0.4, 0.5) is 5.69 Å². The lowest BCUT2D eigenvalue weighted by molar-refractivity contribution is -0.117. The molecule has 0 unspecified atom stereocenters. The van der Waals surface area contributed by atoms with Crippen LogP contribution in [0.3, 0.4) is 0 Å². The van der Waals surface area contributed by atoms with Gasteiger partial charge in [0.1, 0.15) is 6.54 Å². The number of fused-ring (bicyclic) bond motifs is 1. The van der Waals surface area contributed by atoms with Crippen molar-refractivity contribution in [2.24, 2.45) is 0 Å². The first kappa shape index (κ1) is 17.2. The largest absolute Gasteiger partial charge is 0.324 e. The molecule has 27 heavy (non-hydrogen) atoms. The molecule has 0 saturated heterocycles. The summed E-state index contributed by atoms with van der Waals surface area (Å²) < 4.78 is 1.31. The van der Waals surface area contributed by atoms with E-state index in [-0.39, 0.29) is 18.0 Å². The second-order valence-electron chi connectivity index (χ2n) is 6.76. The molecule has 0 bridgehead atoms. The smallest absolute Gasteiger partial charge is 0.270 e. The molecular weight excluding hydrogens is 338 g/mol. The van der Waals surface area contributed by atoms with Gasteiger partial charge in [0.25, 0.3) is 5.56 Å². The Labute approximate surface area is 157 Å². The molecule has 1 amide bonds. The fourth-order valence-electron chi connectivity index (χ4n) is 3.58. The standard InChI is InChI=1S/C22H21N3O2/c26-20(23-17-11-5-2-6-12-17)15-25-22(27)19-14-8-7-13-18(19)21(24-25)16-9-3-1-4-10-16/h1-6,9-12H,7-8,13-15H2,(H,23,26). The number of nitrogens with zero attached hydrogens (tertiary/aromatic N) is 2. The van der Waals surface area contributed by atoms with E-state index in [0.717, 1.165) is 48.1 Å². The number of carbonyl (C=O) groups excluding carboxylic acids is 1. The van der Waals surface area contributed by atoms with Gasteiger partial charge >= 0.3 is 0 Å². The molecule has 1 aromatic heterocycles. The quantitative estimate of drug-likeness (QED) is 0.776. The Bertz CT molecular complexity index is 1010. The fraction of sp³-hybridized carbons (Fsp3) is 0.227. The molecule has 0 saturated carbocycles. The lowest BCUT2D eigenvalue weighted by Crippen LogP contribution is -2.34. The van der Waals surface area contributed by atoms with Crippen molar-refractivity contribution in [3.05, 3.63) is 82.1 Å². The highest BCUT2D eigenvalue weighted by molar-refractivity contribution is 5.90. The zero-order chi connectivity index (χ0) is 18.6. The van der Waals surface area contributed by atoms with E-state index in [1.807, 2.05) is 60.7 Å². The average Bonchev–Trinajstić information content (AvgIpc) is 2.71. The third kappa shape index (κ3) is 3.67. The summed E-state index contributed by atoms with van der Waals surface area (Å²) in [6.45, 7) is -0.0964. The summed E-state index contributed by atoms with van der Waals surface area (Å²) in [6, 6.07) is 19.1. The van der Waals surface area contributed by atoms with Crippen molar-refractivity contribution in [3.63, 3.8) is 0 Å². The topological polar surface area (TPSA) is 64.0 Å². The molecule has 5 heteroatoms. The number of para-hydroxylation sites is 1. The summed E-state index contributed by atoms with van der Waals surface area (Å²) in [6.07, 6.45) is 3.67. The lowest BCUT2D eigenvalue weighted by Gasteiger charge is -2.20. The third-order valence-electron chi connectivity index (χ3n) is 4.87. The van der Waals surface area contributed by atoms with Crippen LogP contribution in [0.2, 0.25) is 0 Å². The molecule has 2 aromatic carbocycles. The van der Waals surface area contributed by atoms with Gasteiger partial charge in [-0.15, -0.1) is 0 Å². The monoisotopic (exact) mass is 359 g/mol. The number of hydrogen-bond donors (Lipinski definition) is 1. The van der Waals surface area contributed by atoms with Crippen molar-refractivity contribution in [2.45, 2.75) is 32.2 Å². The van der Waals surface area contributed by atoms with Gasteiger partial charge in [0.2, 0.25) is 5.91 Å². The van der Waals surface area contributed by atoms with Gasteiger partial charge in [0.05, 0.1) is 5.69 Å². The van der Waals surface area contributed by atoms with Crippen molar-refractivity contribution in [2.75, 3.05) is 5.32 Å². The normalized spacial score (nSPS) is 13.0. The molecule has 0 aliphatic heterocycles. The number of aromatic nitrogens is 2. The van der Waals surface area contributed by atoms with Gasteiger partial charge in [-0.05, 0) is 43.4 Å². The van der Waals surface area contributed by atoms with Gasteiger partial charge in [-0.3, -0.25) is 9.59 Å². The summed E-state index contributed by atoms with van der Waals surface area (Å²) in [5.74, 6) is -0.259. The zero-order valence-electron chi connectivity index (χ0n) is 15.0. The average molecular weight is 359 g/mol. The Morgan fingerprint density at radius 1 is 0.926 bits per heavy atom. The Hall–Kier alpha value is -3.21. The van der Waals surface area contributed by atoms with Crippen LogP contribution >= 0.6 is 0 Å². The number of carbonyl (C=O) groups is 1. The molecule has 5 nitrogen and oxygen atoms in total. The number of benzene rings is 2. The second-order valence-corrected chi connectivity index (χ2v) is 6.76. The minimum Gasteiger partial charge on any atom is -0.324 e. The van der Waals surface area contributed by atoms with Gasteiger partial charge in [-0.2, -0.15) is 5.10 Å². The maximum Gasteiger partial charge on any atom is 0.270 e. The van der Waals surface area contributed by atoms with E-state index in [0.29, 0.717) is 5.69 Å². The highest BCUT2D eigenvalue weighted by Gasteiger charge is 2.22. The summed E-state index contributed by atoms with van der Waals surface area (Å²) in [5, 5.41) is 7.40. The Morgan fingerprint density at radius 3 is 2.26 bits per heavy atom. The molecule has 3 aromatic rings. The van der Waals surface area contributed by atoms with Crippen LogP contribution in [-0.4, -0.2) is 15.7 Å². The molecule has 1 N–H and O–H groups in total. The number of nitrogens with one attached hydrogen (secondary N) is 1. The van der Waals surface area contributed by atoms with Crippen LogP contribution in [0.1, 0.15) is 24.0 Å². The summed E-state index contributed by atoms with van der Waals surface area (Å²) >= 11 is 0. The number of anilines is 1. The van der Waals surface area contributed by atoms with Crippen LogP contribution in [0.15, 0.2) is 65.5 Å². The molecule has 4 rings (SSSR count). The molecular formula is C22H21N3O2. The molecule has 0 atom stereocenters. The van der Waals surface area contributed by atoms with Crippen molar-refractivity contribution in [3.8, 4) is 11.3 Å². The van der Waals surface area contributed by atoms with Crippen molar-refractivity contribution in [1.29, 1.82) is 0 Å². The summed E-state index contributed by atoms with van der Waals surface area (Å²) in [7, 11) is 0. The predicted octanol–water partition coefficient (Wildman–Crippen LogP) is 3.43. The zero-order valence-corrected chi connectivity index (χ0v) is 15.0. The lowest BCUT2D eigenvalue weighted by atomic mass is 9.90. The van der Waals surface area contributed by atoms with Crippen LogP contribution in [0, 0.1) is 0 Å². The molecule has 0 spiro atoms. The minimum absolute atomic E-state index is 0.0964. The first-order valence-electron chi connectivity index (χ1n) is 9.25. The van der Waals surface area contributed by atoms with Gasteiger partial charge in [-0.25, -0.2) is 4.68 Å². The minimum atomic E-state index is -0.259. The SMILES string of the molecule is O=C(Cn1nc(-c2ccccc2)c2c(c1=O)CCCC2)Nc1ccccc1. The fourth-order valence-corrected chi connectivity index (χ4v) is 3.58. The van der Waals surface area contributed by atoms with E-state index in [1.54, 1.807) is 0 Å². The molecule has 1 aliphatic rings. The van der Waals surface area contributed by atoms with E-state index in [9.17, 15) is 9.59 Å². The van der Waals surface area contributed by atoms with E-state index < -0.39 is 0 Å². The first-order valence-corrected chi connectivity index (χ1v) is 9.25.